The van der Waals surface area contributed by atoms with E-state index in [0.29, 0.717) is 12.2 Å². The first-order valence-corrected chi connectivity index (χ1v) is 9.56. The molecular weight excluding hydrogens is 350 g/mol. The Hall–Kier alpha value is -3.09. The van der Waals surface area contributed by atoms with Crippen LogP contribution in [0.1, 0.15) is 5.82 Å². The molecule has 1 N–H and O–H groups in total. The zero-order valence-corrected chi connectivity index (χ0v) is 15.5. The van der Waals surface area contributed by atoms with Crippen molar-refractivity contribution in [2.24, 2.45) is 0 Å². The number of hydrogen-bond acceptors (Lipinski definition) is 5. The molecule has 1 fully saturated rings. The van der Waals surface area contributed by atoms with E-state index in [2.05, 4.69) is 22.4 Å². The SMILES string of the molecule is c1ccc(-c2nc(CC3CNCCO3)n(-c3cccc4cccnc34)n2)cc1. The highest BCUT2D eigenvalue weighted by Gasteiger charge is 2.21. The van der Waals surface area contributed by atoms with Gasteiger partial charge >= 0.3 is 0 Å². The van der Waals surface area contributed by atoms with Crippen LogP contribution in [0.5, 0.6) is 0 Å². The van der Waals surface area contributed by atoms with E-state index >= 15 is 0 Å². The van der Waals surface area contributed by atoms with Crippen LogP contribution in [-0.4, -0.2) is 45.5 Å². The first-order chi connectivity index (χ1) is 13.9. The van der Waals surface area contributed by atoms with Gasteiger partial charge in [0.25, 0.3) is 0 Å². The average Bonchev–Trinajstić information content (AvgIpc) is 3.18. The Labute approximate surface area is 163 Å². The molecule has 6 nitrogen and oxygen atoms in total. The molecule has 1 aliphatic rings. The third-order valence-electron chi connectivity index (χ3n) is 4.96. The summed E-state index contributed by atoms with van der Waals surface area (Å²) < 4.78 is 7.84. The molecule has 1 unspecified atom stereocenters. The van der Waals surface area contributed by atoms with E-state index in [1.807, 2.05) is 59.4 Å². The Kier molecular flexibility index (Phi) is 4.56. The highest BCUT2D eigenvalue weighted by molar-refractivity contribution is 5.86. The Morgan fingerprint density at radius 2 is 1.93 bits per heavy atom. The zero-order chi connectivity index (χ0) is 18.8. The second kappa shape index (κ2) is 7.50. The summed E-state index contributed by atoms with van der Waals surface area (Å²) in [4.78, 5) is 9.47. The number of aromatic nitrogens is 4. The molecule has 1 aliphatic heterocycles. The number of benzene rings is 2. The van der Waals surface area contributed by atoms with Crippen LogP contribution in [0.15, 0.2) is 66.9 Å². The molecule has 28 heavy (non-hydrogen) atoms. The fourth-order valence-corrected chi connectivity index (χ4v) is 3.59. The predicted octanol–water partition coefficient (Wildman–Crippen LogP) is 3.01. The minimum absolute atomic E-state index is 0.0864. The molecule has 1 saturated heterocycles. The van der Waals surface area contributed by atoms with Gasteiger partial charge in [0.15, 0.2) is 5.82 Å². The predicted molar refractivity (Wildman–Crippen MR) is 108 cm³/mol. The lowest BCUT2D eigenvalue weighted by Crippen LogP contribution is -2.40. The van der Waals surface area contributed by atoms with Gasteiger partial charge in [0.1, 0.15) is 5.82 Å². The maximum atomic E-state index is 5.92. The van der Waals surface area contributed by atoms with E-state index in [9.17, 15) is 0 Å². The molecule has 140 valence electrons. The molecule has 0 radical (unpaired) electrons. The molecule has 4 aromatic rings. The Morgan fingerprint density at radius 3 is 2.79 bits per heavy atom. The lowest BCUT2D eigenvalue weighted by atomic mass is 10.1. The smallest absolute Gasteiger partial charge is 0.181 e. The van der Waals surface area contributed by atoms with Crippen molar-refractivity contribution in [3.8, 4) is 17.1 Å². The van der Waals surface area contributed by atoms with Crippen LogP contribution in [0.25, 0.3) is 28.0 Å². The lowest BCUT2D eigenvalue weighted by molar-refractivity contribution is 0.0277. The monoisotopic (exact) mass is 371 g/mol. The quantitative estimate of drug-likeness (QED) is 0.597. The van der Waals surface area contributed by atoms with Gasteiger partial charge in [0.2, 0.25) is 0 Å². The lowest BCUT2D eigenvalue weighted by Gasteiger charge is -2.23. The Bertz CT molecular complexity index is 1080. The fourth-order valence-electron chi connectivity index (χ4n) is 3.59. The van der Waals surface area contributed by atoms with Crippen molar-refractivity contribution in [2.45, 2.75) is 12.5 Å². The van der Waals surface area contributed by atoms with Crippen LogP contribution in [0.4, 0.5) is 0 Å². The first kappa shape index (κ1) is 17.0. The van der Waals surface area contributed by atoms with Crippen LogP contribution < -0.4 is 5.32 Å². The number of pyridine rings is 1. The molecule has 0 bridgehead atoms. The number of nitrogens with one attached hydrogen (secondary N) is 1. The summed E-state index contributed by atoms with van der Waals surface area (Å²) in [6.45, 7) is 2.44. The van der Waals surface area contributed by atoms with Crippen molar-refractivity contribution in [3.05, 3.63) is 72.7 Å². The molecule has 1 atom stereocenters. The summed E-state index contributed by atoms with van der Waals surface area (Å²) in [6.07, 6.45) is 2.59. The molecule has 0 amide bonds. The van der Waals surface area contributed by atoms with Crippen molar-refractivity contribution in [2.75, 3.05) is 19.7 Å². The summed E-state index contributed by atoms with van der Waals surface area (Å²) in [7, 11) is 0. The number of morpholine rings is 1. The molecule has 6 heteroatoms. The van der Waals surface area contributed by atoms with E-state index in [0.717, 1.165) is 47.7 Å². The third kappa shape index (κ3) is 3.28. The number of fused-ring (bicyclic) bond motifs is 1. The molecule has 2 aromatic carbocycles. The molecule has 3 heterocycles. The summed E-state index contributed by atoms with van der Waals surface area (Å²) >= 11 is 0. The van der Waals surface area contributed by atoms with Gasteiger partial charge in [-0.15, -0.1) is 5.10 Å². The number of para-hydroxylation sites is 1. The van der Waals surface area contributed by atoms with Crippen molar-refractivity contribution < 1.29 is 4.74 Å². The van der Waals surface area contributed by atoms with Crippen molar-refractivity contribution in [1.82, 2.24) is 25.1 Å². The van der Waals surface area contributed by atoms with Gasteiger partial charge in [-0.1, -0.05) is 48.5 Å². The van der Waals surface area contributed by atoms with Gasteiger partial charge in [-0.2, -0.15) is 0 Å². The molecular formula is C22H21N5O. The van der Waals surface area contributed by atoms with Gasteiger partial charge in [0.05, 0.1) is 23.9 Å². The van der Waals surface area contributed by atoms with Gasteiger partial charge in [-0.25, -0.2) is 9.67 Å². The van der Waals surface area contributed by atoms with Gasteiger partial charge in [-0.3, -0.25) is 4.98 Å². The van der Waals surface area contributed by atoms with Gasteiger partial charge < -0.3 is 10.1 Å². The van der Waals surface area contributed by atoms with Crippen molar-refractivity contribution in [3.63, 3.8) is 0 Å². The second-order valence-corrected chi connectivity index (χ2v) is 6.88. The topological polar surface area (TPSA) is 64.9 Å². The highest BCUT2D eigenvalue weighted by atomic mass is 16.5. The second-order valence-electron chi connectivity index (χ2n) is 6.88. The minimum atomic E-state index is 0.0864. The zero-order valence-electron chi connectivity index (χ0n) is 15.5. The van der Waals surface area contributed by atoms with Crippen LogP contribution in [0.2, 0.25) is 0 Å². The summed E-state index contributed by atoms with van der Waals surface area (Å²) in [6, 6.07) is 20.2. The van der Waals surface area contributed by atoms with Crippen LogP contribution in [0.3, 0.4) is 0 Å². The summed E-state index contributed by atoms with van der Waals surface area (Å²) in [5.74, 6) is 1.60. The third-order valence-corrected chi connectivity index (χ3v) is 4.96. The normalized spacial score (nSPS) is 17.1. The Balaban J connectivity index is 1.63. The maximum Gasteiger partial charge on any atom is 0.181 e. The Morgan fingerprint density at radius 1 is 1.04 bits per heavy atom. The maximum absolute atomic E-state index is 5.92. The van der Waals surface area contributed by atoms with Gasteiger partial charge in [0, 0.05) is 36.7 Å². The van der Waals surface area contributed by atoms with Gasteiger partial charge in [-0.05, 0) is 12.1 Å². The molecule has 2 aromatic heterocycles. The van der Waals surface area contributed by atoms with Crippen LogP contribution in [-0.2, 0) is 11.2 Å². The average molecular weight is 371 g/mol. The van der Waals surface area contributed by atoms with Crippen molar-refractivity contribution >= 4 is 10.9 Å². The number of ether oxygens (including phenoxy) is 1. The van der Waals surface area contributed by atoms with E-state index in [1.165, 1.54) is 0 Å². The van der Waals surface area contributed by atoms with E-state index in [4.69, 9.17) is 14.8 Å². The number of nitrogens with zero attached hydrogens (tertiary/aromatic N) is 4. The van der Waals surface area contributed by atoms with Crippen molar-refractivity contribution in [1.29, 1.82) is 0 Å². The largest absolute Gasteiger partial charge is 0.375 e. The van der Waals surface area contributed by atoms with E-state index in [1.54, 1.807) is 0 Å². The van der Waals surface area contributed by atoms with E-state index in [-0.39, 0.29) is 6.10 Å². The molecule has 0 aliphatic carbocycles. The van der Waals surface area contributed by atoms with Crippen LogP contribution >= 0.6 is 0 Å². The highest BCUT2D eigenvalue weighted by Crippen LogP contribution is 2.24. The minimum Gasteiger partial charge on any atom is -0.375 e. The number of rotatable bonds is 4. The summed E-state index contributed by atoms with van der Waals surface area (Å²) in [5.41, 5.74) is 2.85. The molecule has 5 rings (SSSR count). The fraction of sp³-hybridized carbons (Fsp3) is 0.227. The summed E-state index contributed by atoms with van der Waals surface area (Å²) in [5, 5.41) is 9.33. The number of hydrogen-bond donors (Lipinski definition) is 1. The molecule has 0 saturated carbocycles. The first-order valence-electron chi connectivity index (χ1n) is 9.56. The van der Waals surface area contributed by atoms with E-state index < -0.39 is 0 Å². The van der Waals surface area contributed by atoms with Crippen LogP contribution in [0, 0.1) is 0 Å². The standard InChI is InChI=1S/C22H21N5O/c1-2-6-17(7-3-1)22-25-20(14-18-15-23-12-13-28-18)27(26-22)19-10-4-8-16-9-5-11-24-21(16)19/h1-11,18,23H,12-15H2. The molecule has 0 spiro atoms.